The van der Waals surface area contributed by atoms with Crippen molar-refractivity contribution in [3.63, 3.8) is 0 Å². The van der Waals surface area contributed by atoms with Crippen LogP contribution in [0.3, 0.4) is 0 Å². The van der Waals surface area contributed by atoms with Crippen molar-refractivity contribution in [2.24, 2.45) is 0 Å². The monoisotopic (exact) mass is 118 g/mol. The van der Waals surface area contributed by atoms with Crippen LogP contribution in [0.4, 0.5) is 0 Å². The first-order valence-electron chi connectivity index (χ1n) is 2.04. The van der Waals surface area contributed by atoms with Crippen molar-refractivity contribution in [3.8, 4) is 11.8 Å². The Morgan fingerprint density at radius 2 is 1.25 bits per heavy atom. The Balaban J connectivity index is 0. The molecule has 0 aromatic heterocycles. The summed E-state index contributed by atoms with van der Waals surface area (Å²) in [6, 6.07) is 0. The van der Waals surface area contributed by atoms with Crippen LogP contribution < -0.4 is 0 Å². The van der Waals surface area contributed by atoms with Crippen LogP contribution in [0.25, 0.3) is 0 Å². The van der Waals surface area contributed by atoms with Gasteiger partial charge in [0.1, 0.15) is 13.2 Å². The molecule has 0 unspecified atom stereocenters. The molecule has 0 saturated carbocycles. The van der Waals surface area contributed by atoms with Gasteiger partial charge in [-0.05, 0) is 0 Å². The second kappa shape index (κ2) is 16.1. The van der Waals surface area contributed by atoms with Gasteiger partial charge < -0.3 is 15.3 Å². The van der Waals surface area contributed by atoms with Crippen LogP contribution >= 0.6 is 0 Å². The van der Waals surface area contributed by atoms with Gasteiger partial charge in [0.2, 0.25) is 0 Å². The lowest BCUT2D eigenvalue weighted by Gasteiger charge is -1.66. The van der Waals surface area contributed by atoms with E-state index in [0.29, 0.717) is 0 Å². The molecule has 0 spiro atoms. The third-order valence-electron chi connectivity index (χ3n) is 0.283. The Labute approximate surface area is 48.6 Å². The summed E-state index contributed by atoms with van der Waals surface area (Å²) in [5.41, 5.74) is 0. The quantitative estimate of drug-likeness (QED) is 0.342. The summed E-state index contributed by atoms with van der Waals surface area (Å²) in [6.07, 6.45) is 0. The second-order valence-corrected chi connectivity index (χ2v) is 0.670. The lowest BCUT2D eigenvalue weighted by atomic mass is 10.6. The molecule has 0 atom stereocenters. The van der Waals surface area contributed by atoms with Gasteiger partial charge in [-0.1, -0.05) is 11.8 Å². The number of aliphatic hydroxyl groups excluding tert-OH is 3. The van der Waals surface area contributed by atoms with Crippen LogP contribution in [0, 0.1) is 11.8 Å². The van der Waals surface area contributed by atoms with Crippen molar-refractivity contribution in [3.05, 3.63) is 0 Å². The van der Waals surface area contributed by atoms with Gasteiger partial charge in [-0.2, -0.15) is 0 Å². The molecule has 0 radical (unpaired) electrons. The second-order valence-electron chi connectivity index (χ2n) is 0.670. The van der Waals surface area contributed by atoms with Crippen LogP contribution in [-0.4, -0.2) is 35.6 Å². The summed E-state index contributed by atoms with van der Waals surface area (Å²) in [5, 5.41) is 22.8. The van der Waals surface area contributed by atoms with Gasteiger partial charge in [-0.3, -0.25) is 0 Å². The molecule has 0 fully saturated rings. The molecule has 0 rings (SSSR count). The minimum absolute atomic E-state index is 0.166. The molecule has 0 amide bonds. The van der Waals surface area contributed by atoms with Crippen molar-refractivity contribution < 1.29 is 15.3 Å². The van der Waals surface area contributed by atoms with E-state index in [1.165, 1.54) is 0 Å². The topological polar surface area (TPSA) is 60.7 Å². The maximum Gasteiger partial charge on any atom is 0.104 e. The van der Waals surface area contributed by atoms with Crippen LogP contribution in [0.5, 0.6) is 0 Å². The smallest absolute Gasteiger partial charge is 0.104 e. The number of aliphatic hydroxyl groups is 3. The molecule has 3 N–H and O–H groups in total. The van der Waals surface area contributed by atoms with Gasteiger partial charge in [0.25, 0.3) is 0 Å². The van der Waals surface area contributed by atoms with E-state index in [9.17, 15) is 0 Å². The lowest BCUT2D eigenvalue weighted by molar-refractivity contribution is 0.342. The molecule has 0 bridgehead atoms. The first-order valence-corrected chi connectivity index (χ1v) is 2.04. The van der Waals surface area contributed by atoms with Gasteiger partial charge in [0.15, 0.2) is 0 Å². The maximum atomic E-state index is 7.91. The molecule has 0 aromatic rings. The Morgan fingerprint density at radius 3 is 1.38 bits per heavy atom. The van der Waals surface area contributed by atoms with Crippen LogP contribution in [0.2, 0.25) is 0 Å². The van der Waals surface area contributed by atoms with Gasteiger partial charge in [-0.25, -0.2) is 0 Å². The molecule has 0 aliphatic carbocycles. The van der Waals surface area contributed by atoms with E-state index in [1.54, 1.807) is 0 Å². The molecule has 3 heteroatoms. The van der Waals surface area contributed by atoms with Gasteiger partial charge >= 0.3 is 0 Å². The Hall–Kier alpha value is -0.560. The van der Waals surface area contributed by atoms with E-state index in [-0.39, 0.29) is 13.2 Å². The fraction of sp³-hybridized carbons (Fsp3) is 0.600. The molecule has 0 aliphatic heterocycles. The highest BCUT2D eigenvalue weighted by molar-refractivity contribution is 4.97. The van der Waals surface area contributed by atoms with Crippen molar-refractivity contribution in [2.45, 2.75) is 0 Å². The highest BCUT2D eigenvalue weighted by Gasteiger charge is 1.57. The van der Waals surface area contributed by atoms with Gasteiger partial charge in [-0.15, -0.1) is 0 Å². The lowest BCUT2D eigenvalue weighted by Crippen LogP contribution is -1.74. The Kier molecular flexibility index (Phi) is 21.0. The van der Waals surface area contributed by atoms with E-state index >= 15 is 0 Å². The predicted molar refractivity (Wildman–Crippen MR) is 30.1 cm³/mol. The third-order valence-corrected chi connectivity index (χ3v) is 0.283. The van der Waals surface area contributed by atoms with Crippen LogP contribution in [0.1, 0.15) is 0 Å². The summed E-state index contributed by atoms with van der Waals surface area (Å²) in [6.45, 7) is -0.332. The van der Waals surface area contributed by atoms with Gasteiger partial charge in [0, 0.05) is 7.11 Å². The summed E-state index contributed by atoms with van der Waals surface area (Å²) in [4.78, 5) is 0. The van der Waals surface area contributed by atoms with E-state index in [1.807, 2.05) is 0 Å². The molecule has 8 heavy (non-hydrogen) atoms. The molecule has 3 nitrogen and oxygen atoms in total. The molecule has 0 saturated heterocycles. The molecule has 0 aromatic carbocycles. The minimum atomic E-state index is -0.166. The molecular formula is C5H10O3. The van der Waals surface area contributed by atoms with Crippen molar-refractivity contribution in [1.82, 2.24) is 0 Å². The van der Waals surface area contributed by atoms with E-state index in [0.717, 1.165) is 7.11 Å². The summed E-state index contributed by atoms with van der Waals surface area (Å²) in [7, 11) is 1.00. The fourth-order valence-electron chi connectivity index (χ4n) is 0.112. The average molecular weight is 118 g/mol. The highest BCUT2D eigenvalue weighted by atomic mass is 16.3. The zero-order valence-corrected chi connectivity index (χ0v) is 4.76. The zero-order chi connectivity index (χ0) is 6.83. The van der Waals surface area contributed by atoms with Crippen molar-refractivity contribution in [1.29, 1.82) is 0 Å². The largest absolute Gasteiger partial charge is 0.400 e. The zero-order valence-electron chi connectivity index (χ0n) is 4.76. The van der Waals surface area contributed by atoms with E-state index in [2.05, 4.69) is 11.8 Å². The first kappa shape index (κ1) is 10.4. The summed E-state index contributed by atoms with van der Waals surface area (Å²) in [5.74, 6) is 4.51. The maximum absolute atomic E-state index is 7.91. The predicted octanol–water partition coefficient (Wildman–Crippen LogP) is -1.42. The number of hydrogen-bond donors (Lipinski definition) is 3. The van der Waals surface area contributed by atoms with Crippen molar-refractivity contribution in [2.75, 3.05) is 20.3 Å². The molecule has 0 aliphatic rings. The van der Waals surface area contributed by atoms with E-state index < -0.39 is 0 Å². The van der Waals surface area contributed by atoms with Crippen molar-refractivity contribution >= 4 is 0 Å². The van der Waals surface area contributed by atoms with Gasteiger partial charge in [0.05, 0.1) is 0 Å². The summed E-state index contributed by atoms with van der Waals surface area (Å²) < 4.78 is 0. The highest BCUT2D eigenvalue weighted by Crippen LogP contribution is 1.48. The van der Waals surface area contributed by atoms with Crippen LogP contribution in [0.15, 0.2) is 0 Å². The molecule has 48 valence electrons. The Bertz CT molecular complexity index is 61.5. The number of hydrogen-bond acceptors (Lipinski definition) is 3. The third kappa shape index (κ3) is 18.0. The normalized spacial score (nSPS) is 5.50. The standard InChI is InChI=1S/C4H6O2.CH4O/c5-3-1-2-4-6;1-2/h5-6H,3-4H2;2H,1H3. The molecular weight excluding hydrogens is 108 g/mol. The molecule has 0 heterocycles. The Morgan fingerprint density at radius 1 is 1.00 bits per heavy atom. The first-order chi connectivity index (χ1) is 3.91. The average Bonchev–Trinajstić information content (AvgIpc) is 1.88. The van der Waals surface area contributed by atoms with E-state index in [4.69, 9.17) is 15.3 Å². The van der Waals surface area contributed by atoms with Crippen LogP contribution in [-0.2, 0) is 0 Å². The summed E-state index contributed by atoms with van der Waals surface area (Å²) >= 11 is 0. The number of rotatable bonds is 0. The fourth-order valence-corrected chi connectivity index (χ4v) is 0.112. The minimum Gasteiger partial charge on any atom is -0.400 e. The SMILES string of the molecule is CO.OCC#CCO.